The number of carbonyl (C=O) groups excluding carboxylic acids is 2. The highest BCUT2D eigenvalue weighted by molar-refractivity contribution is 5.87. The number of hydrogen-bond donors (Lipinski definition) is 3. The molecule has 1 rings (SSSR count). The predicted octanol–water partition coefficient (Wildman–Crippen LogP) is -0.996. The Morgan fingerprint density at radius 3 is 2.76 bits per heavy atom. The third-order valence-electron chi connectivity index (χ3n) is 2.47. The van der Waals surface area contributed by atoms with Crippen LogP contribution >= 0.6 is 0 Å². The van der Waals surface area contributed by atoms with Crippen molar-refractivity contribution in [1.29, 1.82) is 0 Å². The zero-order chi connectivity index (χ0) is 12.8. The molecule has 6 nitrogen and oxygen atoms in total. The molecule has 0 spiro atoms. The van der Waals surface area contributed by atoms with Gasteiger partial charge in [-0.1, -0.05) is 0 Å². The molecule has 0 unspecified atom stereocenters. The third-order valence-corrected chi connectivity index (χ3v) is 2.47. The number of nitrogens with one attached hydrogen (secondary N) is 3. The Bertz CT molecular complexity index is 281. The maximum atomic E-state index is 11.8. The van der Waals surface area contributed by atoms with Crippen LogP contribution in [0.3, 0.4) is 0 Å². The highest BCUT2D eigenvalue weighted by Crippen LogP contribution is 2.03. The Morgan fingerprint density at radius 1 is 1.47 bits per heavy atom. The van der Waals surface area contributed by atoms with Gasteiger partial charge in [-0.15, -0.1) is 0 Å². The van der Waals surface area contributed by atoms with Crippen LogP contribution in [0.5, 0.6) is 0 Å². The normalized spacial score (nSPS) is 24.5. The smallest absolute Gasteiger partial charge is 0.240 e. The molecule has 3 N–H and O–H groups in total. The van der Waals surface area contributed by atoms with Crippen molar-refractivity contribution in [3.63, 3.8) is 0 Å². The molecule has 1 fully saturated rings. The van der Waals surface area contributed by atoms with E-state index in [1.54, 1.807) is 0 Å². The number of ether oxygens (including phenoxy) is 1. The van der Waals surface area contributed by atoms with Crippen molar-refractivity contribution in [2.24, 2.45) is 0 Å². The highest BCUT2D eigenvalue weighted by Gasteiger charge is 2.28. The van der Waals surface area contributed by atoms with Crippen molar-refractivity contribution in [2.75, 3.05) is 19.7 Å². The molecular weight excluding hydrogens is 222 g/mol. The standard InChI is InChI=1S/C11H21N3O3/c1-7(2)14-9(15)6-13-11(16)10-8(3)17-5-4-12-10/h7-8,10,12H,4-6H2,1-3H3,(H,13,16)(H,14,15)/t8-,10+/m1/s1. The van der Waals surface area contributed by atoms with Crippen LogP contribution in [0.15, 0.2) is 0 Å². The van der Waals surface area contributed by atoms with Crippen molar-refractivity contribution in [3.8, 4) is 0 Å². The van der Waals surface area contributed by atoms with Gasteiger partial charge in [0.05, 0.1) is 19.3 Å². The van der Waals surface area contributed by atoms with E-state index < -0.39 is 0 Å². The van der Waals surface area contributed by atoms with E-state index in [9.17, 15) is 9.59 Å². The fraction of sp³-hybridized carbons (Fsp3) is 0.818. The van der Waals surface area contributed by atoms with Gasteiger partial charge in [0.1, 0.15) is 6.04 Å². The summed E-state index contributed by atoms with van der Waals surface area (Å²) in [6.07, 6.45) is -0.170. The zero-order valence-electron chi connectivity index (χ0n) is 10.6. The minimum atomic E-state index is -0.379. The van der Waals surface area contributed by atoms with E-state index in [-0.39, 0.29) is 36.5 Å². The summed E-state index contributed by atoms with van der Waals surface area (Å²) in [5, 5.41) is 8.37. The first-order valence-electron chi connectivity index (χ1n) is 5.92. The van der Waals surface area contributed by atoms with E-state index in [0.29, 0.717) is 13.2 Å². The first kappa shape index (κ1) is 13.9. The number of rotatable bonds is 4. The maximum Gasteiger partial charge on any atom is 0.240 e. The molecule has 1 saturated heterocycles. The van der Waals surface area contributed by atoms with E-state index in [4.69, 9.17) is 4.74 Å². The van der Waals surface area contributed by atoms with Crippen molar-refractivity contribution in [2.45, 2.75) is 39.0 Å². The molecular formula is C11H21N3O3. The molecule has 0 radical (unpaired) electrons. The van der Waals surface area contributed by atoms with Crippen molar-refractivity contribution in [3.05, 3.63) is 0 Å². The molecule has 2 amide bonds. The lowest BCUT2D eigenvalue weighted by atomic mass is 10.1. The number of carbonyl (C=O) groups is 2. The molecule has 0 bridgehead atoms. The van der Waals surface area contributed by atoms with Crippen molar-refractivity contribution in [1.82, 2.24) is 16.0 Å². The van der Waals surface area contributed by atoms with Crippen LogP contribution in [0.4, 0.5) is 0 Å². The fourth-order valence-corrected chi connectivity index (χ4v) is 1.68. The molecule has 17 heavy (non-hydrogen) atoms. The van der Waals surface area contributed by atoms with Crippen LogP contribution in [0, 0.1) is 0 Å². The van der Waals surface area contributed by atoms with E-state index in [1.807, 2.05) is 20.8 Å². The van der Waals surface area contributed by atoms with Gasteiger partial charge in [0.25, 0.3) is 0 Å². The van der Waals surface area contributed by atoms with Gasteiger partial charge in [0.2, 0.25) is 11.8 Å². The highest BCUT2D eigenvalue weighted by atomic mass is 16.5. The summed E-state index contributed by atoms with van der Waals surface area (Å²) in [6.45, 7) is 6.85. The zero-order valence-corrected chi connectivity index (χ0v) is 10.6. The molecule has 1 heterocycles. The Balaban J connectivity index is 2.31. The van der Waals surface area contributed by atoms with Crippen molar-refractivity contribution < 1.29 is 14.3 Å². The molecule has 98 valence electrons. The van der Waals surface area contributed by atoms with Crippen LogP contribution in [0.25, 0.3) is 0 Å². The second kappa shape index (κ2) is 6.56. The molecule has 0 aromatic carbocycles. The van der Waals surface area contributed by atoms with Gasteiger partial charge in [-0.05, 0) is 20.8 Å². The minimum absolute atomic E-state index is 0.00190. The van der Waals surface area contributed by atoms with Gasteiger partial charge >= 0.3 is 0 Å². The fourth-order valence-electron chi connectivity index (χ4n) is 1.68. The lowest BCUT2D eigenvalue weighted by molar-refractivity contribution is -0.131. The predicted molar refractivity (Wildman–Crippen MR) is 63.5 cm³/mol. The van der Waals surface area contributed by atoms with Gasteiger partial charge in [0.15, 0.2) is 0 Å². The topological polar surface area (TPSA) is 79.5 Å². The quantitative estimate of drug-likeness (QED) is 0.592. The summed E-state index contributed by atoms with van der Waals surface area (Å²) >= 11 is 0. The molecule has 1 aliphatic heterocycles. The summed E-state index contributed by atoms with van der Waals surface area (Å²) < 4.78 is 5.36. The van der Waals surface area contributed by atoms with Crippen LogP contribution in [0.2, 0.25) is 0 Å². The Kier molecular flexibility index (Phi) is 5.37. The summed E-state index contributed by atoms with van der Waals surface area (Å²) in [6, 6.07) is -0.301. The Hall–Kier alpha value is -1.14. The van der Waals surface area contributed by atoms with Gasteiger partial charge < -0.3 is 20.7 Å². The second-order valence-electron chi connectivity index (χ2n) is 4.45. The van der Waals surface area contributed by atoms with Crippen molar-refractivity contribution >= 4 is 11.8 Å². The largest absolute Gasteiger partial charge is 0.375 e. The summed E-state index contributed by atoms with van der Waals surface area (Å²) in [4.78, 5) is 23.1. The molecule has 0 saturated carbocycles. The first-order chi connectivity index (χ1) is 8.00. The summed E-state index contributed by atoms with van der Waals surface area (Å²) in [7, 11) is 0. The Labute approximate surface area is 101 Å². The van der Waals surface area contributed by atoms with Gasteiger partial charge in [0, 0.05) is 12.6 Å². The number of morpholine rings is 1. The van der Waals surface area contributed by atoms with Gasteiger partial charge in [-0.3, -0.25) is 9.59 Å². The lowest BCUT2D eigenvalue weighted by Gasteiger charge is -2.29. The van der Waals surface area contributed by atoms with Gasteiger partial charge in [-0.25, -0.2) is 0 Å². The minimum Gasteiger partial charge on any atom is -0.375 e. The SMILES string of the molecule is CC(C)NC(=O)CNC(=O)[C@H]1NCCO[C@@H]1C. The van der Waals surface area contributed by atoms with Crippen LogP contribution in [-0.4, -0.2) is 49.7 Å². The lowest BCUT2D eigenvalue weighted by Crippen LogP contribution is -2.56. The number of amides is 2. The second-order valence-corrected chi connectivity index (χ2v) is 4.45. The maximum absolute atomic E-state index is 11.8. The molecule has 0 aromatic rings. The molecule has 1 aliphatic rings. The van der Waals surface area contributed by atoms with E-state index in [2.05, 4.69) is 16.0 Å². The van der Waals surface area contributed by atoms with E-state index in [0.717, 1.165) is 0 Å². The van der Waals surface area contributed by atoms with Gasteiger partial charge in [-0.2, -0.15) is 0 Å². The summed E-state index contributed by atoms with van der Waals surface area (Å²) in [5.41, 5.74) is 0. The van der Waals surface area contributed by atoms with Crippen LogP contribution in [0.1, 0.15) is 20.8 Å². The molecule has 6 heteroatoms. The molecule has 0 aromatic heterocycles. The van der Waals surface area contributed by atoms with Crippen LogP contribution < -0.4 is 16.0 Å². The average Bonchev–Trinajstić information content (AvgIpc) is 2.25. The molecule has 2 atom stereocenters. The van der Waals surface area contributed by atoms with Crippen LogP contribution in [-0.2, 0) is 14.3 Å². The number of hydrogen-bond acceptors (Lipinski definition) is 4. The summed E-state index contributed by atoms with van der Waals surface area (Å²) in [5.74, 6) is -0.381. The third kappa shape index (κ3) is 4.70. The average molecular weight is 243 g/mol. The Morgan fingerprint density at radius 2 is 2.18 bits per heavy atom. The molecule has 0 aliphatic carbocycles. The monoisotopic (exact) mass is 243 g/mol. The van der Waals surface area contributed by atoms with E-state index in [1.165, 1.54) is 0 Å². The van der Waals surface area contributed by atoms with E-state index >= 15 is 0 Å². The first-order valence-corrected chi connectivity index (χ1v) is 5.92.